The van der Waals surface area contributed by atoms with Gasteiger partial charge in [-0.1, -0.05) is 58.2 Å². The van der Waals surface area contributed by atoms with E-state index >= 15 is 0 Å². The Labute approximate surface area is 356 Å². The van der Waals surface area contributed by atoms with E-state index in [9.17, 15) is 44.4 Å². The molecule has 12 atom stereocenters. The quantitative estimate of drug-likeness (QED) is 0.135. The van der Waals surface area contributed by atoms with Crippen LogP contribution in [0.3, 0.4) is 0 Å². The zero-order chi connectivity index (χ0) is 45.0. The average Bonchev–Trinajstić information content (AvgIpc) is 3.17. The maximum absolute atomic E-state index is 14.3. The van der Waals surface area contributed by atoms with E-state index in [0.717, 1.165) is 26.2 Å². The van der Waals surface area contributed by atoms with Crippen molar-refractivity contribution in [1.29, 1.82) is 0 Å². The van der Waals surface area contributed by atoms with Gasteiger partial charge in [0.05, 0.1) is 30.2 Å². The number of esters is 4. The van der Waals surface area contributed by atoms with Crippen LogP contribution in [-0.2, 0) is 42.8 Å². The minimum absolute atomic E-state index is 0.102. The molecule has 1 heterocycles. The second-order valence-corrected chi connectivity index (χ2v) is 19.4. The third kappa shape index (κ3) is 8.30. The molecule has 5 aliphatic rings. The molecule has 16 nitrogen and oxygen atoms in total. The number of amides is 1. The molecule has 16 heteroatoms. The number of hydrogen-bond acceptors (Lipinski definition) is 15. The van der Waals surface area contributed by atoms with Gasteiger partial charge in [-0.3, -0.25) is 9.59 Å². The molecule has 1 saturated heterocycles. The zero-order valence-electron chi connectivity index (χ0n) is 36.6. The second kappa shape index (κ2) is 16.9. The van der Waals surface area contributed by atoms with Crippen LogP contribution >= 0.6 is 0 Å². The van der Waals surface area contributed by atoms with Crippen molar-refractivity contribution in [3.8, 4) is 0 Å². The molecule has 4 fully saturated rings. The first kappa shape index (κ1) is 46.4. The van der Waals surface area contributed by atoms with Crippen LogP contribution in [0.15, 0.2) is 41.5 Å². The first-order chi connectivity index (χ1) is 28.4. The highest BCUT2D eigenvalue weighted by Gasteiger charge is 2.78. The lowest BCUT2D eigenvalue weighted by Gasteiger charge is -2.69. The van der Waals surface area contributed by atoms with Crippen molar-refractivity contribution in [2.24, 2.45) is 22.7 Å². The van der Waals surface area contributed by atoms with Crippen molar-refractivity contribution in [2.45, 2.75) is 173 Å². The number of benzene rings is 1. The molecule has 3 saturated carbocycles. The molecule has 0 aromatic heterocycles. The van der Waals surface area contributed by atoms with Crippen LogP contribution < -0.4 is 5.32 Å². The summed E-state index contributed by atoms with van der Waals surface area (Å²) in [5.41, 5.74) is -7.84. The Kier molecular flexibility index (Phi) is 12.8. The van der Waals surface area contributed by atoms with E-state index in [1.165, 1.54) is 26.0 Å². The fourth-order valence-electron chi connectivity index (χ4n) is 11.0. The predicted molar refractivity (Wildman–Crippen MR) is 215 cm³/mol. The Morgan fingerprint density at radius 2 is 1.56 bits per heavy atom. The van der Waals surface area contributed by atoms with Gasteiger partial charge in [-0.2, -0.15) is 0 Å². The minimum Gasteiger partial charge on any atom is -0.456 e. The lowest BCUT2D eigenvalue weighted by Crippen LogP contribution is -2.82. The summed E-state index contributed by atoms with van der Waals surface area (Å²) in [5.74, 6) is -5.34. The van der Waals surface area contributed by atoms with Gasteiger partial charge in [-0.15, -0.1) is 0 Å². The SMILES string of the molecule is CC(=O)O[C@@H]1C2=C(C)[C@@H](OC(=O)[C@H](O)[C@@H](NC(=O)OC(C)(C)C)C3CCCCC3)C[C@@](O)([C@@H](OC(=O)c3ccccc3)[C@@H]3[C@]4(OC(C)=O)CO[C@@H]4C[C@H](O)[C@@]3(C)[C@H]1O)C2(C)C. The minimum atomic E-state index is -2.32. The molecule has 0 unspecified atom stereocenters. The molecule has 1 aromatic rings. The number of hydrogen-bond donors (Lipinski definition) is 5. The number of aliphatic hydroxyl groups is 4. The molecule has 0 radical (unpaired) electrons. The number of rotatable bonds is 9. The van der Waals surface area contributed by atoms with Crippen molar-refractivity contribution in [2.75, 3.05) is 6.61 Å². The van der Waals surface area contributed by atoms with Crippen LogP contribution in [0.2, 0.25) is 0 Å². The van der Waals surface area contributed by atoms with Crippen molar-refractivity contribution in [3.05, 3.63) is 47.0 Å². The first-order valence-electron chi connectivity index (χ1n) is 21.3. The largest absolute Gasteiger partial charge is 0.456 e. The van der Waals surface area contributed by atoms with E-state index < -0.39 is 119 Å². The summed E-state index contributed by atoms with van der Waals surface area (Å²) < 4.78 is 36.0. The van der Waals surface area contributed by atoms with Gasteiger partial charge in [-0.25, -0.2) is 14.4 Å². The standard InChI is InChI=1S/C45H63NO15/c1-23-28(58-39(53)33(50)32(26-16-12-10-13-17-26)46-40(54)61-41(4,5)6)21-45(55)37(59-38(52)27-18-14-11-15-19-27)35-43(9,29(49)20-30-44(35,22-56-30)60-25(3)48)36(51)34(57-24(2)47)31(23)42(45,7)8/h11,14-15,18-19,26,28-30,32-37,49-51,55H,10,12-13,16-17,20-22H2,1-9H3,(H,46,54)/t28-,29-,30+,32-,33+,34+,35-,36-,37-,43+,44-,45+/m0/s1. The van der Waals surface area contributed by atoms with Gasteiger partial charge in [0.2, 0.25) is 0 Å². The van der Waals surface area contributed by atoms with E-state index in [1.807, 2.05) is 0 Å². The highest BCUT2D eigenvalue weighted by molar-refractivity contribution is 5.89. The van der Waals surface area contributed by atoms with Crippen molar-refractivity contribution in [3.63, 3.8) is 0 Å². The Bertz CT molecular complexity index is 1890. The summed E-state index contributed by atoms with van der Waals surface area (Å²) in [6, 6.07) is 6.85. The molecule has 338 valence electrons. The van der Waals surface area contributed by atoms with Gasteiger partial charge in [0.15, 0.2) is 17.8 Å². The number of fused-ring (bicyclic) bond motifs is 5. The Morgan fingerprint density at radius 3 is 2.11 bits per heavy atom. The van der Waals surface area contributed by atoms with Crippen LogP contribution in [0.4, 0.5) is 4.79 Å². The lowest BCUT2D eigenvalue weighted by atomic mass is 9.44. The van der Waals surface area contributed by atoms with Gasteiger partial charge in [0.25, 0.3) is 0 Å². The Hall–Kier alpha value is -4.09. The van der Waals surface area contributed by atoms with Gasteiger partial charge < -0.3 is 54.2 Å². The molecule has 2 bridgehead atoms. The van der Waals surface area contributed by atoms with Gasteiger partial charge in [0.1, 0.15) is 35.6 Å². The fourth-order valence-corrected chi connectivity index (χ4v) is 11.0. The number of carbonyl (C=O) groups is 5. The van der Waals surface area contributed by atoms with Gasteiger partial charge in [-0.05, 0) is 69.7 Å². The normalized spacial score (nSPS) is 35.6. The molecule has 1 aromatic carbocycles. The molecular weight excluding hydrogens is 794 g/mol. The monoisotopic (exact) mass is 857 g/mol. The van der Waals surface area contributed by atoms with E-state index in [0.29, 0.717) is 12.8 Å². The number of carbonyl (C=O) groups excluding carboxylic acids is 5. The number of aliphatic hydroxyl groups excluding tert-OH is 3. The van der Waals surface area contributed by atoms with Crippen molar-refractivity contribution in [1.82, 2.24) is 5.32 Å². The average molecular weight is 858 g/mol. The molecule has 61 heavy (non-hydrogen) atoms. The van der Waals surface area contributed by atoms with Crippen LogP contribution in [0.1, 0.15) is 118 Å². The summed E-state index contributed by atoms with van der Waals surface area (Å²) in [4.78, 5) is 67.7. The number of ether oxygens (including phenoxy) is 6. The number of nitrogens with one attached hydrogen (secondary N) is 1. The molecule has 1 amide bonds. The molecule has 0 spiro atoms. The Balaban J connectivity index is 1.52. The van der Waals surface area contributed by atoms with Gasteiger partial charge >= 0.3 is 30.0 Å². The highest BCUT2D eigenvalue weighted by Crippen LogP contribution is 2.65. The predicted octanol–water partition coefficient (Wildman–Crippen LogP) is 3.83. The maximum atomic E-state index is 14.3. The van der Waals surface area contributed by atoms with E-state index in [4.69, 9.17) is 28.4 Å². The maximum Gasteiger partial charge on any atom is 0.407 e. The third-order valence-electron chi connectivity index (χ3n) is 14.1. The Morgan fingerprint density at radius 1 is 0.918 bits per heavy atom. The first-order valence-corrected chi connectivity index (χ1v) is 21.3. The summed E-state index contributed by atoms with van der Waals surface area (Å²) in [6.45, 7) is 13.4. The fraction of sp³-hybridized carbons (Fsp3) is 0.711. The summed E-state index contributed by atoms with van der Waals surface area (Å²) in [6.07, 6.45) is -8.55. The summed E-state index contributed by atoms with van der Waals surface area (Å²) >= 11 is 0. The van der Waals surface area contributed by atoms with Gasteiger partial charge in [0, 0.05) is 37.5 Å². The molecule has 5 N–H and O–H groups in total. The molecule has 4 aliphatic carbocycles. The zero-order valence-corrected chi connectivity index (χ0v) is 36.6. The van der Waals surface area contributed by atoms with Crippen LogP contribution in [-0.4, -0.2) is 123 Å². The third-order valence-corrected chi connectivity index (χ3v) is 14.1. The molecule has 1 aliphatic heterocycles. The van der Waals surface area contributed by atoms with Crippen LogP contribution in [0.25, 0.3) is 0 Å². The van der Waals surface area contributed by atoms with Crippen molar-refractivity contribution >= 4 is 30.0 Å². The topological polar surface area (TPSA) is 234 Å². The van der Waals surface area contributed by atoms with Crippen LogP contribution in [0.5, 0.6) is 0 Å². The second-order valence-electron chi connectivity index (χ2n) is 19.4. The highest BCUT2D eigenvalue weighted by atomic mass is 16.6. The van der Waals surface area contributed by atoms with E-state index in [1.54, 1.807) is 59.7 Å². The lowest BCUT2D eigenvalue weighted by molar-refractivity contribution is -0.365. The molecular formula is C45H63NO15. The number of alkyl carbamates (subject to hydrolysis) is 1. The van der Waals surface area contributed by atoms with Crippen LogP contribution in [0, 0.1) is 22.7 Å². The summed E-state index contributed by atoms with van der Waals surface area (Å²) in [5, 5.41) is 53.1. The van der Waals surface area contributed by atoms with E-state index in [2.05, 4.69) is 5.32 Å². The van der Waals surface area contributed by atoms with E-state index in [-0.39, 0.29) is 35.7 Å². The smallest absolute Gasteiger partial charge is 0.407 e. The molecule has 6 rings (SSSR count). The summed E-state index contributed by atoms with van der Waals surface area (Å²) in [7, 11) is 0. The van der Waals surface area contributed by atoms with Crippen molar-refractivity contribution < 1.29 is 72.8 Å².